The number of esters is 1. The molecule has 0 aromatic carbocycles. The van der Waals surface area contributed by atoms with Gasteiger partial charge in [-0.1, -0.05) is 6.07 Å². The number of halogens is 3. The van der Waals surface area contributed by atoms with E-state index in [0.717, 1.165) is 6.92 Å². The van der Waals surface area contributed by atoms with Crippen LogP contribution in [0.4, 0.5) is 13.2 Å². The highest BCUT2D eigenvalue weighted by Crippen LogP contribution is 2.26. The second kappa shape index (κ2) is 4.29. The zero-order chi connectivity index (χ0) is 11.5. The Bertz CT molecular complexity index is 337. The molecule has 1 aromatic heterocycles. The molecular weight excluding hydrogens is 211 g/mol. The van der Waals surface area contributed by atoms with Gasteiger partial charge < -0.3 is 4.74 Å². The zero-order valence-corrected chi connectivity index (χ0v) is 7.78. The maximum atomic E-state index is 12.1. The maximum absolute atomic E-state index is 12.1. The molecule has 1 rings (SSSR count). The van der Waals surface area contributed by atoms with E-state index in [1.54, 1.807) is 6.07 Å². The Labute approximate surface area is 83.9 Å². The van der Waals surface area contributed by atoms with E-state index in [4.69, 9.17) is 0 Å². The summed E-state index contributed by atoms with van der Waals surface area (Å²) in [5.41, 5.74) is 0. The minimum absolute atomic E-state index is 0.140. The Balaban J connectivity index is 2.65. The van der Waals surface area contributed by atoms with Crippen LogP contribution in [0.3, 0.4) is 0 Å². The van der Waals surface area contributed by atoms with E-state index in [-0.39, 0.29) is 5.88 Å². The van der Waals surface area contributed by atoms with E-state index < -0.39 is 18.1 Å². The summed E-state index contributed by atoms with van der Waals surface area (Å²) in [5.74, 6) is -3.65. The Kier molecular flexibility index (Phi) is 3.28. The second-order valence-electron chi connectivity index (χ2n) is 2.85. The van der Waals surface area contributed by atoms with Crippen molar-refractivity contribution >= 4 is 5.97 Å². The number of pyridine rings is 1. The fourth-order valence-corrected chi connectivity index (χ4v) is 0.733. The summed E-state index contributed by atoms with van der Waals surface area (Å²) in [6, 6.07) is 4.37. The van der Waals surface area contributed by atoms with Crippen molar-refractivity contribution in [3.63, 3.8) is 0 Å². The Morgan fingerprint density at radius 3 is 2.60 bits per heavy atom. The first-order valence-corrected chi connectivity index (χ1v) is 4.10. The molecule has 0 aliphatic heterocycles. The molecule has 0 aliphatic carbocycles. The van der Waals surface area contributed by atoms with E-state index in [1.807, 2.05) is 0 Å². The maximum Gasteiger partial charge on any atom is 0.401 e. The topological polar surface area (TPSA) is 39.2 Å². The van der Waals surface area contributed by atoms with Gasteiger partial charge in [-0.05, 0) is 13.0 Å². The number of carbonyl (C=O) groups excluding carboxylic acids is 1. The molecule has 0 fully saturated rings. The van der Waals surface area contributed by atoms with Crippen LogP contribution >= 0.6 is 0 Å². The second-order valence-corrected chi connectivity index (χ2v) is 2.85. The molecule has 82 valence electrons. The molecule has 1 aromatic rings. The van der Waals surface area contributed by atoms with Gasteiger partial charge in [0.25, 0.3) is 0 Å². The highest BCUT2D eigenvalue weighted by molar-refractivity contribution is 5.75. The van der Waals surface area contributed by atoms with Gasteiger partial charge in [0.15, 0.2) is 0 Å². The van der Waals surface area contributed by atoms with Crippen LogP contribution in [-0.4, -0.2) is 17.1 Å². The lowest BCUT2D eigenvalue weighted by molar-refractivity contribution is -0.188. The molecule has 1 heterocycles. The van der Waals surface area contributed by atoms with Crippen molar-refractivity contribution < 1.29 is 22.7 Å². The lowest BCUT2D eigenvalue weighted by Gasteiger charge is -2.13. The minimum Gasteiger partial charge on any atom is -0.407 e. The van der Waals surface area contributed by atoms with Crippen LogP contribution in [0.5, 0.6) is 5.88 Å². The number of rotatable bonds is 2. The SMILES string of the molecule is CC(C(=O)Oc1ccccn1)C(F)(F)F. The van der Waals surface area contributed by atoms with Gasteiger partial charge in [0.2, 0.25) is 5.88 Å². The predicted octanol–water partition coefficient (Wildman–Crippen LogP) is 2.19. The molecule has 0 saturated carbocycles. The Hall–Kier alpha value is -1.59. The summed E-state index contributed by atoms with van der Waals surface area (Å²) in [7, 11) is 0. The van der Waals surface area contributed by atoms with Gasteiger partial charge in [-0.25, -0.2) is 4.98 Å². The van der Waals surface area contributed by atoms with Crippen molar-refractivity contribution in [3.8, 4) is 5.88 Å². The van der Waals surface area contributed by atoms with Gasteiger partial charge in [0.1, 0.15) is 5.92 Å². The third kappa shape index (κ3) is 3.23. The van der Waals surface area contributed by atoms with Crippen LogP contribution in [0, 0.1) is 5.92 Å². The summed E-state index contributed by atoms with van der Waals surface area (Å²) in [6.07, 6.45) is -3.27. The van der Waals surface area contributed by atoms with Crippen molar-refractivity contribution in [2.45, 2.75) is 13.1 Å². The molecular formula is C9H8F3NO2. The molecule has 0 N–H and O–H groups in total. The van der Waals surface area contributed by atoms with Crippen LogP contribution in [0.1, 0.15) is 6.92 Å². The monoisotopic (exact) mass is 219 g/mol. The molecule has 15 heavy (non-hydrogen) atoms. The number of aromatic nitrogens is 1. The van der Waals surface area contributed by atoms with Crippen molar-refractivity contribution in [2.75, 3.05) is 0 Å². The van der Waals surface area contributed by atoms with Crippen LogP contribution in [0.15, 0.2) is 24.4 Å². The highest BCUT2D eigenvalue weighted by Gasteiger charge is 2.42. The fourth-order valence-electron chi connectivity index (χ4n) is 0.733. The smallest absolute Gasteiger partial charge is 0.401 e. The normalized spacial score (nSPS) is 13.3. The number of nitrogens with zero attached hydrogens (tertiary/aromatic N) is 1. The molecule has 0 bridgehead atoms. The molecule has 0 saturated heterocycles. The fraction of sp³-hybridized carbons (Fsp3) is 0.333. The lowest BCUT2D eigenvalue weighted by atomic mass is 10.2. The van der Waals surface area contributed by atoms with Gasteiger partial charge in [-0.15, -0.1) is 0 Å². The van der Waals surface area contributed by atoms with Crippen molar-refractivity contribution in [1.82, 2.24) is 4.98 Å². The van der Waals surface area contributed by atoms with Gasteiger partial charge >= 0.3 is 12.1 Å². The van der Waals surface area contributed by atoms with Gasteiger partial charge in [-0.3, -0.25) is 4.79 Å². The molecule has 0 aliphatic rings. The average Bonchev–Trinajstić information content (AvgIpc) is 2.16. The van der Waals surface area contributed by atoms with E-state index in [0.29, 0.717) is 0 Å². The molecule has 0 spiro atoms. The molecule has 3 nitrogen and oxygen atoms in total. The van der Waals surface area contributed by atoms with Crippen molar-refractivity contribution in [3.05, 3.63) is 24.4 Å². The van der Waals surface area contributed by atoms with Crippen LogP contribution < -0.4 is 4.74 Å². The minimum atomic E-state index is -4.59. The summed E-state index contributed by atoms with van der Waals surface area (Å²) in [5, 5.41) is 0. The zero-order valence-electron chi connectivity index (χ0n) is 7.78. The van der Waals surface area contributed by atoms with E-state index in [9.17, 15) is 18.0 Å². The standard InChI is InChI=1S/C9H8F3NO2/c1-6(9(10,11)12)8(14)15-7-4-2-3-5-13-7/h2-6H,1H3. The molecule has 6 heteroatoms. The molecule has 0 amide bonds. The van der Waals surface area contributed by atoms with Crippen LogP contribution in [0.2, 0.25) is 0 Å². The van der Waals surface area contributed by atoms with E-state index in [1.165, 1.54) is 18.3 Å². The first-order chi connectivity index (χ1) is 6.91. The van der Waals surface area contributed by atoms with E-state index >= 15 is 0 Å². The van der Waals surface area contributed by atoms with E-state index in [2.05, 4.69) is 9.72 Å². The van der Waals surface area contributed by atoms with Gasteiger partial charge in [0.05, 0.1) is 0 Å². The third-order valence-corrected chi connectivity index (χ3v) is 1.69. The van der Waals surface area contributed by atoms with Crippen molar-refractivity contribution in [2.24, 2.45) is 5.92 Å². The van der Waals surface area contributed by atoms with Gasteiger partial charge in [-0.2, -0.15) is 13.2 Å². The van der Waals surface area contributed by atoms with Crippen molar-refractivity contribution in [1.29, 1.82) is 0 Å². The van der Waals surface area contributed by atoms with Crippen LogP contribution in [0.25, 0.3) is 0 Å². The largest absolute Gasteiger partial charge is 0.407 e. The average molecular weight is 219 g/mol. The first kappa shape index (κ1) is 11.5. The molecule has 1 atom stereocenters. The first-order valence-electron chi connectivity index (χ1n) is 4.10. The predicted molar refractivity (Wildman–Crippen MR) is 45.1 cm³/mol. The summed E-state index contributed by atoms with van der Waals surface area (Å²) in [6.45, 7) is 0.741. The number of ether oxygens (including phenoxy) is 1. The number of carbonyl (C=O) groups is 1. The molecule has 0 radical (unpaired) electrons. The highest BCUT2D eigenvalue weighted by atomic mass is 19.4. The Morgan fingerprint density at radius 2 is 2.13 bits per heavy atom. The third-order valence-electron chi connectivity index (χ3n) is 1.69. The summed E-state index contributed by atoms with van der Waals surface area (Å²) < 4.78 is 40.7. The molecule has 1 unspecified atom stereocenters. The number of hydrogen-bond acceptors (Lipinski definition) is 3. The van der Waals surface area contributed by atoms with Crippen LogP contribution in [-0.2, 0) is 4.79 Å². The Morgan fingerprint density at radius 1 is 1.47 bits per heavy atom. The number of alkyl halides is 3. The number of hydrogen-bond donors (Lipinski definition) is 0. The summed E-state index contributed by atoms with van der Waals surface area (Å²) >= 11 is 0. The lowest BCUT2D eigenvalue weighted by Crippen LogP contribution is -2.31. The quantitative estimate of drug-likeness (QED) is 0.715. The van der Waals surface area contributed by atoms with Gasteiger partial charge in [0, 0.05) is 12.3 Å². The summed E-state index contributed by atoms with van der Waals surface area (Å²) in [4.78, 5) is 14.5.